The standard InChI is InChI=1S/C26H43N3O6/c1-16-11-19(9-10-30)22(13-20(16)15-29-26(27)28-3)24(33)14-21(35-17(2)31)7-5-18-6-8-23(32)25(12-18)34-4/h6,8,12,16,19-22,24,30,32-33H,5,7,9-11,13-15H2,1-4H3,(H3,27,28,29)/t16-,19+,20+,21-,22-,24-/m1/s1. The Labute approximate surface area is 208 Å². The summed E-state index contributed by atoms with van der Waals surface area (Å²) in [6, 6.07) is 5.15. The van der Waals surface area contributed by atoms with E-state index in [0.717, 1.165) is 18.4 Å². The zero-order valence-corrected chi connectivity index (χ0v) is 21.4. The summed E-state index contributed by atoms with van der Waals surface area (Å²) in [7, 11) is 3.14. The van der Waals surface area contributed by atoms with E-state index in [0.29, 0.717) is 55.8 Å². The number of guanidine groups is 1. The molecule has 0 unspecified atom stereocenters. The molecule has 1 aromatic carbocycles. The van der Waals surface area contributed by atoms with Crippen molar-refractivity contribution in [1.29, 1.82) is 0 Å². The number of nitrogens with zero attached hydrogens (tertiary/aromatic N) is 1. The number of aromatic hydroxyl groups is 1. The zero-order valence-electron chi connectivity index (χ0n) is 21.4. The van der Waals surface area contributed by atoms with Crippen LogP contribution >= 0.6 is 0 Å². The van der Waals surface area contributed by atoms with E-state index in [1.807, 2.05) is 6.07 Å². The maximum Gasteiger partial charge on any atom is 0.302 e. The van der Waals surface area contributed by atoms with Gasteiger partial charge >= 0.3 is 5.97 Å². The predicted molar refractivity (Wildman–Crippen MR) is 135 cm³/mol. The SMILES string of the molecule is CN=C(N)NC[C@@H]1C[C@@H]([C@H](O)C[C@@H](CCc2ccc(O)c(OC)c2)OC(C)=O)[C@@H](CCO)C[C@H]1C. The van der Waals surface area contributed by atoms with Gasteiger partial charge in [0.2, 0.25) is 0 Å². The van der Waals surface area contributed by atoms with Crippen molar-refractivity contribution in [2.45, 2.75) is 64.6 Å². The lowest BCUT2D eigenvalue weighted by atomic mass is 9.65. The van der Waals surface area contributed by atoms with Crippen LogP contribution in [-0.4, -0.2) is 66.8 Å². The number of aliphatic imine (C=N–C) groups is 1. The smallest absolute Gasteiger partial charge is 0.302 e. The van der Waals surface area contributed by atoms with Crippen molar-refractivity contribution in [2.75, 3.05) is 27.3 Å². The van der Waals surface area contributed by atoms with E-state index in [2.05, 4.69) is 17.2 Å². The second-order valence-electron chi connectivity index (χ2n) is 9.71. The summed E-state index contributed by atoms with van der Waals surface area (Å²) in [5.74, 6) is 1.37. The van der Waals surface area contributed by atoms with Crippen molar-refractivity contribution in [3.05, 3.63) is 23.8 Å². The molecule has 1 aromatic rings. The number of benzene rings is 1. The molecule has 0 saturated heterocycles. The molecule has 0 radical (unpaired) electrons. The Kier molecular flexibility index (Phi) is 11.6. The number of carbonyl (C=O) groups excluding carboxylic acids is 1. The Balaban J connectivity index is 2.09. The largest absolute Gasteiger partial charge is 0.504 e. The van der Waals surface area contributed by atoms with Gasteiger partial charge in [0, 0.05) is 33.5 Å². The average molecular weight is 494 g/mol. The minimum atomic E-state index is -0.669. The highest BCUT2D eigenvalue weighted by Crippen LogP contribution is 2.42. The van der Waals surface area contributed by atoms with Gasteiger partial charge in [-0.25, -0.2) is 0 Å². The molecule has 0 aromatic heterocycles. The van der Waals surface area contributed by atoms with Crippen LogP contribution in [0.1, 0.15) is 51.5 Å². The Bertz CT molecular complexity index is 833. The molecule has 35 heavy (non-hydrogen) atoms. The summed E-state index contributed by atoms with van der Waals surface area (Å²) in [5.41, 5.74) is 6.75. The Morgan fingerprint density at radius 1 is 1.31 bits per heavy atom. The summed E-state index contributed by atoms with van der Waals surface area (Å²) in [4.78, 5) is 15.7. The number of phenolic OH excluding ortho intramolecular Hbond substituents is 1. The quantitative estimate of drug-likeness (QED) is 0.169. The first-order valence-electron chi connectivity index (χ1n) is 12.5. The number of rotatable bonds is 12. The second-order valence-corrected chi connectivity index (χ2v) is 9.71. The summed E-state index contributed by atoms with van der Waals surface area (Å²) >= 11 is 0. The van der Waals surface area contributed by atoms with Crippen LogP contribution in [0.2, 0.25) is 0 Å². The van der Waals surface area contributed by atoms with Gasteiger partial charge in [-0.05, 0) is 73.5 Å². The van der Waals surface area contributed by atoms with Gasteiger partial charge in [-0.2, -0.15) is 0 Å². The van der Waals surface area contributed by atoms with Gasteiger partial charge in [-0.15, -0.1) is 0 Å². The van der Waals surface area contributed by atoms with Gasteiger partial charge in [0.1, 0.15) is 6.10 Å². The Morgan fingerprint density at radius 3 is 2.69 bits per heavy atom. The fourth-order valence-corrected chi connectivity index (χ4v) is 5.30. The first-order chi connectivity index (χ1) is 16.7. The summed E-state index contributed by atoms with van der Waals surface area (Å²) in [6.07, 6.45) is 2.68. The van der Waals surface area contributed by atoms with E-state index in [1.54, 1.807) is 19.2 Å². The minimum absolute atomic E-state index is 0.0169. The van der Waals surface area contributed by atoms with Crippen molar-refractivity contribution >= 4 is 11.9 Å². The third-order valence-corrected chi connectivity index (χ3v) is 7.28. The first kappa shape index (κ1) is 28.7. The number of hydrogen-bond donors (Lipinski definition) is 5. The lowest BCUT2D eigenvalue weighted by molar-refractivity contribution is -0.149. The van der Waals surface area contributed by atoms with Gasteiger partial charge in [0.15, 0.2) is 17.5 Å². The van der Waals surface area contributed by atoms with Gasteiger partial charge < -0.3 is 35.8 Å². The Hall–Kier alpha value is -2.52. The number of aryl methyl sites for hydroxylation is 1. The third-order valence-electron chi connectivity index (χ3n) is 7.28. The summed E-state index contributed by atoms with van der Waals surface area (Å²) < 4.78 is 10.8. The highest BCUT2D eigenvalue weighted by Gasteiger charge is 2.39. The Morgan fingerprint density at radius 2 is 2.06 bits per heavy atom. The molecular weight excluding hydrogens is 450 g/mol. The maximum absolute atomic E-state index is 11.8. The van der Waals surface area contributed by atoms with E-state index in [4.69, 9.17) is 15.2 Å². The molecule has 0 aliphatic heterocycles. The highest BCUT2D eigenvalue weighted by atomic mass is 16.5. The number of ether oxygens (including phenoxy) is 2. The number of aliphatic hydroxyl groups excluding tert-OH is 2. The lowest BCUT2D eigenvalue weighted by Gasteiger charge is -2.43. The molecule has 0 heterocycles. The van der Waals surface area contributed by atoms with Crippen molar-refractivity contribution < 1.29 is 29.6 Å². The van der Waals surface area contributed by atoms with Gasteiger partial charge in [-0.1, -0.05) is 13.0 Å². The zero-order chi connectivity index (χ0) is 26.0. The lowest BCUT2D eigenvalue weighted by Crippen LogP contribution is -2.44. The average Bonchev–Trinajstić information content (AvgIpc) is 2.82. The van der Waals surface area contributed by atoms with E-state index in [9.17, 15) is 20.1 Å². The number of carbonyl (C=O) groups is 1. The van der Waals surface area contributed by atoms with Crippen LogP contribution in [0.5, 0.6) is 11.5 Å². The predicted octanol–water partition coefficient (Wildman–Crippen LogP) is 2.21. The molecule has 9 heteroatoms. The van der Waals surface area contributed by atoms with Crippen LogP contribution < -0.4 is 15.8 Å². The maximum atomic E-state index is 11.8. The molecule has 2 rings (SSSR count). The number of aliphatic hydroxyl groups is 2. The van der Waals surface area contributed by atoms with Crippen LogP contribution in [0.4, 0.5) is 0 Å². The molecule has 9 nitrogen and oxygen atoms in total. The van der Waals surface area contributed by atoms with Crippen LogP contribution in [-0.2, 0) is 16.0 Å². The molecule has 0 amide bonds. The number of nitrogens with two attached hydrogens (primary N) is 1. The topological polar surface area (TPSA) is 147 Å². The number of nitrogens with one attached hydrogen (secondary N) is 1. The molecule has 1 aliphatic rings. The fraction of sp³-hybridized carbons (Fsp3) is 0.692. The number of methoxy groups -OCH3 is 1. The molecule has 6 atom stereocenters. The van der Waals surface area contributed by atoms with E-state index < -0.39 is 12.2 Å². The van der Waals surface area contributed by atoms with Crippen molar-refractivity contribution in [1.82, 2.24) is 5.32 Å². The first-order valence-corrected chi connectivity index (χ1v) is 12.5. The molecule has 1 fully saturated rings. The van der Waals surface area contributed by atoms with Crippen molar-refractivity contribution in [2.24, 2.45) is 34.4 Å². The van der Waals surface area contributed by atoms with E-state index in [-0.39, 0.29) is 30.2 Å². The van der Waals surface area contributed by atoms with Crippen LogP contribution in [0.15, 0.2) is 23.2 Å². The van der Waals surface area contributed by atoms with E-state index in [1.165, 1.54) is 14.0 Å². The number of esters is 1. The molecular formula is C26H43N3O6. The minimum Gasteiger partial charge on any atom is -0.504 e. The highest BCUT2D eigenvalue weighted by molar-refractivity contribution is 5.77. The normalized spacial score (nSPS) is 24.5. The van der Waals surface area contributed by atoms with Gasteiger partial charge in [-0.3, -0.25) is 9.79 Å². The van der Waals surface area contributed by atoms with Crippen LogP contribution in [0, 0.1) is 23.7 Å². The summed E-state index contributed by atoms with van der Waals surface area (Å²) in [6.45, 7) is 4.33. The molecule has 0 bridgehead atoms. The number of phenols is 1. The fourth-order valence-electron chi connectivity index (χ4n) is 5.30. The van der Waals surface area contributed by atoms with Crippen molar-refractivity contribution in [3.63, 3.8) is 0 Å². The number of hydrogen-bond acceptors (Lipinski definition) is 7. The monoisotopic (exact) mass is 493 g/mol. The third kappa shape index (κ3) is 8.89. The van der Waals surface area contributed by atoms with Gasteiger partial charge in [0.25, 0.3) is 0 Å². The molecule has 1 aliphatic carbocycles. The summed E-state index contributed by atoms with van der Waals surface area (Å²) in [5, 5.41) is 33.9. The molecule has 198 valence electrons. The second kappa shape index (κ2) is 14.1. The van der Waals surface area contributed by atoms with E-state index >= 15 is 0 Å². The van der Waals surface area contributed by atoms with Crippen LogP contribution in [0.25, 0.3) is 0 Å². The molecule has 1 saturated carbocycles. The van der Waals surface area contributed by atoms with Crippen molar-refractivity contribution in [3.8, 4) is 11.5 Å². The molecule has 0 spiro atoms. The molecule has 6 N–H and O–H groups in total. The van der Waals surface area contributed by atoms with Gasteiger partial charge in [0.05, 0.1) is 13.2 Å². The van der Waals surface area contributed by atoms with Crippen LogP contribution in [0.3, 0.4) is 0 Å².